The molecular formula is C16H23NO5S. The molecule has 23 heavy (non-hydrogen) atoms. The average molecular weight is 341 g/mol. The topological polar surface area (TPSA) is 65.1 Å². The highest BCUT2D eigenvalue weighted by atomic mass is 32.2. The molecule has 1 aromatic carbocycles. The molecule has 0 amide bonds. The second kappa shape index (κ2) is 6.76. The van der Waals surface area contributed by atoms with Crippen LogP contribution in [0, 0.1) is 6.92 Å². The van der Waals surface area contributed by atoms with Gasteiger partial charge in [-0.1, -0.05) is 6.42 Å². The summed E-state index contributed by atoms with van der Waals surface area (Å²) in [5.74, 6) is 0.652. The van der Waals surface area contributed by atoms with Gasteiger partial charge >= 0.3 is 0 Å². The SMILES string of the molecule is COc1ccc(S(=O)(=O)N2CCCCC2C2OCCO2)c(C)c1. The van der Waals surface area contributed by atoms with Gasteiger partial charge in [0.2, 0.25) is 10.0 Å². The fourth-order valence-electron chi connectivity index (χ4n) is 3.26. The number of rotatable bonds is 4. The molecule has 128 valence electrons. The summed E-state index contributed by atoms with van der Waals surface area (Å²) in [6.45, 7) is 3.34. The van der Waals surface area contributed by atoms with Crippen molar-refractivity contribution >= 4 is 10.0 Å². The van der Waals surface area contributed by atoms with Crippen molar-refractivity contribution in [2.45, 2.75) is 43.4 Å². The smallest absolute Gasteiger partial charge is 0.243 e. The third kappa shape index (κ3) is 3.24. The number of benzene rings is 1. The Labute approximate surface area is 137 Å². The van der Waals surface area contributed by atoms with Crippen molar-refractivity contribution in [3.05, 3.63) is 23.8 Å². The van der Waals surface area contributed by atoms with E-state index < -0.39 is 16.3 Å². The Morgan fingerprint density at radius 2 is 1.96 bits per heavy atom. The van der Waals surface area contributed by atoms with E-state index in [1.807, 2.05) is 0 Å². The first kappa shape index (κ1) is 16.7. The number of sulfonamides is 1. The molecule has 1 unspecified atom stereocenters. The van der Waals surface area contributed by atoms with Gasteiger partial charge in [-0.2, -0.15) is 4.31 Å². The number of aryl methyl sites for hydroxylation is 1. The Morgan fingerprint density at radius 1 is 1.22 bits per heavy atom. The van der Waals surface area contributed by atoms with Gasteiger partial charge in [0.05, 0.1) is 31.3 Å². The number of ether oxygens (including phenoxy) is 3. The Kier molecular flexibility index (Phi) is 4.91. The molecule has 1 aromatic rings. The van der Waals surface area contributed by atoms with Crippen LogP contribution in [0.1, 0.15) is 24.8 Å². The van der Waals surface area contributed by atoms with Crippen LogP contribution >= 0.6 is 0 Å². The largest absolute Gasteiger partial charge is 0.497 e. The van der Waals surface area contributed by atoms with Gasteiger partial charge < -0.3 is 14.2 Å². The maximum absolute atomic E-state index is 13.1. The summed E-state index contributed by atoms with van der Waals surface area (Å²) in [5, 5.41) is 0. The van der Waals surface area contributed by atoms with E-state index >= 15 is 0 Å². The van der Waals surface area contributed by atoms with Gasteiger partial charge in [0.1, 0.15) is 5.75 Å². The molecule has 2 aliphatic rings. The maximum Gasteiger partial charge on any atom is 0.243 e. The van der Waals surface area contributed by atoms with E-state index in [2.05, 4.69) is 0 Å². The number of hydrogen-bond donors (Lipinski definition) is 0. The van der Waals surface area contributed by atoms with Gasteiger partial charge in [-0.05, 0) is 43.5 Å². The lowest BCUT2D eigenvalue weighted by atomic mass is 10.0. The van der Waals surface area contributed by atoms with E-state index in [4.69, 9.17) is 14.2 Å². The molecule has 2 aliphatic heterocycles. The molecule has 0 bridgehead atoms. The molecule has 0 spiro atoms. The fourth-order valence-corrected chi connectivity index (χ4v) is 5.15. The van der Waals surface area contributed by atoms with Crippen LogP contribution in [0.4, 0.5) is 0 Å². The van der Waals surface area contributed by atoms with E-state index in [1.165, 1.54) is 0 Å². The Balaban J connectivity index is 1.93. The molecule has 2 saturated heterocycles. The zero-order chi connectivity index (χ0) is 16.4. The van der Waals surface area contributed by atoms with Crippen LogP contribution in [0.15, 0.2) is 23.1 Å². The molecule has 2 heterocycles. The van der Waals surface area contributed by atoms with Crippen LogP contribution in [0.5, 0.6) is 5.75 Å². The van der Waals surface area contributed by atoms with Gasteiger partial charge in [-0.15, -0.1) is 0 Å². The van der Waals surface area contributed by atoms with Crippen LogP contribution in [0.3, 0.4) is 0 Å². The molecule has 0 aliphatic carbocycles. The predicted octanol–water partition coefficient (Wildman–Crippen LogP) is 1.92. The normalized spacial score (nSPS) is 24.0. The summed E-state index contributed by atoms with van der Waals surface area (Å²) in [4.78, 5) is 0.322. The van der Waals surface area contributed by atoms with Crippen LogP contribution in [0.2, 0.25) is 0 Å². The van der Waals surface area contributed by atoms with Crippen LogP contribution in [0.25, 0.3) is 0 Å². The fraction of sp³-hybridized carbons (Fsp3) is 0.625. The lowest BCUT2D eigenvalue weighted by molar-refractivity contribution is -0.0913. The minimum atomic E-state index is -3.59. The summed E-state index contributed by atoms with van der Waals surface area (Å²) in [6.07, 6.45) is 2.15. The molecule has 3 rings (SSSR count). The number of methoxy groups -OCH3 is 1. The Morgan fingerprint density at radius 3 is 2.61 bits per heavy atom. The minimum absolute atomic E-state index is 0.252. The molecule has 7 heteroatoms. The van der Waals surface area contributed by atoms with Crippen LogP contribution in [-0.2, 0) is 19.5 Å². The van der Waals surface area contributed by atoms with Crippen molar-refractivity contribution in [3.63, 3.8) is 0 Å². The lowest BCUT2D eigenvalue weighted by Crippen LogP contribution is -2.50. The highest BCUT2D eigenvalue weighted by Gasteiger charge is 2.40. The molecule has 0 radical (unpaired) electrons. The minimum Gasteiger partial charge on any atom is -0.497 e. The summed E-state index contributed by atoms with van der Waals surface area (Å²) in [7, 11) is -2.02. The average Bonchev–Trinajstić information content (AvgIpc) is 3.08. The molecule has 1 atom stereocenters. The maximum atomic E-state index is 13.1. The van der Waals surface area contributed by atoms with Crippen molar-refractivity contribution in [1.82, 2.24) is 4.31 Å². The first-order chi connectivity index (χ1) is 11.0. The molecule has 2 fully saturated rings. The van der Waals surface area contributed by atoms with Gasteiger partial charge in [-0.3, -0.25) is 0 Å². The van der Waals surface area contributed by atoms with E-state index in [0.29, 0.717) is 36.0 Å². The third-order valence-electron chi connectivity index (χ3n) is 4.43. The highest BCUT2D eigenvalue weighted by Crippen LogP contribution is 2.31. The van der Waals surface area contributed by atoms with Gasteiger partial charge in [0.15, 0.2) is 6.29 Å². The Bertz CT molecular complexity index is 654. The standard InChI is InChI=1S/C16H23NO5S/c1-12-11-13(20-2)6-7-15(12)23(18,19)17-8-4-3-5-14(17)16-21-9-10-22-16/h6-7,11,14,16H,3-5,8-10H2,1-2H3. The molecule has 0 aromatic heterocycles. The first-order valence-corrected chi connectivity index (χ1v) is 9.38. The second-order valence-electron chi connectivity index (χ2n) is 5.92. The summed E-state index contributed by atoms with van der Waals surface area (Å²) >= 11 is 0. The molecule has 0 N–H and O–H groups in total. The molecular weight excluding hydrogens is 318 g/mol. The van der Waals surface area contributed by atoms with Gasteiger partial charge in [0, 0.05) is 6.54 Å². The van der Waals surface area contributed by atoms with Crippen molar-refractivity contribution in [3.8, 4) is 5.75 Å². The van der Waals surface area contributed by atoms with Gasteiger partial charge in [0.25, 0.3) is 0 Å². The second-order valence-corrected chi connectivity index (χ2v) is 7.78. The van der Waals surface area contributed by atoms with Crippen molar-refractivity contribution in [2.24, 2.45) is 0 Å². The molecule has 0 saturated carbocycles. The lowest BCUT2D eigenvalue weighted by Gasteiger charge is -2.37. The first-order valence-electron chi connectivity index (χ1n) is 7.94. The summed E-state index contributed by atoms with van der Waals surface area (Å²) < 4.78 is 44.2. The van der Waals surface area contributed by atoms with E-state index in [-0.39, 0.29) is 6.04 Å². The zero-order valence-electron chi connectivity index (χ0n) is 13.5. The number of piperidine rings is 1. The zero-order valence-corrected chi connectivity index (χ0v) is 14.3. The Hall–Kier alpha value is -1.15. The monoisotopic (exact) mass is 341 g/mol. The van der Waals surface area contributed by atoms with E-state index in [9.17, 15) is 8.42 Å². The van der Waals surface area contributed by atoms with Crippen LogP contribution in [-0.4, -0.2) is 51.9 Å². The van der Waals surface area contributed by atoms with Crippen LogP contribution < -0.4 is 4.74 Å². The van der Waals surface area contributed by atoms with Gasteiger partial charge in [-0.25, -0.2) is 8.42 Å². The third-order valence-corrected chi connectivity index (χ3v) is 6.51. The van der Waals surface area contributed by atoms with Crippen molar-refractivity contribution in [2.75, 3.05) is 26.9 Å². The quantitative estimate of drug-likeness (QED) is 0.837. The highest BCUT2D eigenvalue weighted by molar-refractivity contribution is 7.89. The number of nitrogens with zero attached hydrogens (tertiary/aromatic N) is 1. The predicted molar refractivity (Wildman–Crippen MR) is 85.0 cm³/mol. The van der Waals surface area contributed by atoms with E-state index in [1.54, 1.807) is 36.5 Å². The van der Waals surface area contributed by atoms with Crippen molar-refractivity contribution in [1.29, 1.82) is 0 Å². The number of hydrogen-bond acceptors (Lipinski definition) is 5. The summed E-state index contributed by atoms with van der Waals surface area (Å²) in [5.41, 5.74) is 0.682. The van der Waals surface area contributed by atoms with E-state index in [0.717, 1.165) is 19.3 Å². The van der Waals surface area contributed by atoms with Crippen molar-refractivity contribution < 1.29 is 22.6 Å². The summed E-state index contributed by atoms with van der Waals surface area (Å²) in [6, 6.07) is 4.79. The molecule has 6 nitrogen and oxygen atoms in total.